The molecule has 3 N–H and O–H groups in total. The molecule has 2 heteroatoms. The van der Waals surface area contributed by atoms with Gasteiger partial charge in [0.2, 0.25) is 0 Å². The fourth-order valence-electron chi connectivity index (χ4n) is 1.90. The zero-order valence-electron chi connectivity index (χ0n) is 7.39. The molecule has 0 unspecified atom stereocenters. The average Bonchev–Trinajstić information content (AvgIpc) is 2.76. The second-order valence-electron chi connectivity index (χ2n) is 3.68. The molecule has 0 aromatic carbocycles. The van der Waals surface area contributed by atoms with E-state index in [1.807, 2.05) is 0 Å². The highest BCUT2D eigenvalue weighted by molar-refractivity contribution is 4.84. The van der Waals surface area contributed by atoms with Crippen molar-refractivity contribution in [3.63, 3.8) is 0 Å². The Bertz CT molecular complexity index is 102. The molecule has 2 aliphatic rings. The van der Waals surface area contributed by atoms with Crippen molar-refractivity contribution in [3.8, 4) is 0 Å². The fourth-order valence-corrected chi connectivity index (χ4v) is 1.90. The molecule has 2 nitrogen and oxygen atoms in total. The molecule has 0 amide bonds. The van der Waals surface area contributed by atoms with Gasteiger partial charge in [0, 0.05) is 6.04 Å². The molecule has 2 rings (SSSR count). The van der Waals surface area contributed by atoms with E-state index in [-0.39, 0.29) is 6.15 Å². The third kappa shape index (κ3) is 2.46. The predicted octanol–water partition coefficient (Wildman–Crippen LogP) is 2.19. The van der Waals surface area contributed by atoms with Gasteiger partial charge in [-0.1, -0.05) is 12.8 Å². The Morgan fingerprint density at radius 1 is 0.818 bits per heavy atom. The van der Waals surface area contributed by atoms with E-state index in [0.717, 1.165) is 6.04 Å². The summed E-state index contributed by atoms with van der Waals surface area (Å²) in [6.45, 7) is 2.79. The minimum absolute atomic E-state index is 0. The van der Waals surface area contributed by atoms with Crippen molar-refractivity contribution in [1.82, 2.24) is 11.1 Å². The van der Waals surface area contributed by atoms with Gasteiger partial charge in [-0.05, 0) is 38.8 Å². The maximum absolute atomic E-state index is 2.70. The second kappa shape index (κ2) is 4.07. The minimum atomic E-state index is 0. The van der Waals surface area contributed by atoms with Crippen LogP contribution in [0.3, 0.4) is 0 Å². The SMILES string of the molecule is C1CCCN(C2CC2)CC1.N. The normalized spacial score (nSPS) is 27.3. The van der Waals surface area contributed by atoms with E-state index in [1.54, 1.807) is 0 Å². The van der Waals surface area contributed by atoms with Crippen LogP contribution in [0, 0.1) is 0 Å². The first-order chi connectivity index (χ1) is 4.97. The number of hydrogen-bond acceptors (Lipinski definition) is 2. The Labute approximate surface area is 69.5 Å². The summed E-state index contributed by atoms with van der Waals surface area (Å²) in [5.41, 5.74) is 0. The lowest BCUT2D eigenvalue weighted by molar-refractivity contribution is 0.275. The van der Waals surface area contributed by atoms with E-state index in [9.17, 15) is 0 Å². The van der Waals surface area contributed by atoms with Crippen LogP contribution >= 0.6 is 0 Å². The molecule has 0 atom stereocenters. The lowest BCUT2D eigenvalue weighted by atomic mass is 10.2. The van der Waals surface area contributed by atoms with Crippen molar-refractivity contribution in [2.45, 2.75) is 44.6 Å². The van der Waals surface area contributed by atoms with Crippen LogP contribution in [-0.4, -0.2) is 24.0 Å². The second-order valence-corrected chi connectivity index (χ2v) is 3.68. The van der Waals surface area contributed by atoms with Crippen molar-refractivity contribution in [2.24, 2.45) is 0 Å². The zero-order valence-corrected chi connectivity index (χ0v) is 7.39. The van der Waals surface area contributed by atoms with E-state index < -0.39 is 0 Å². The maximum atomic E-state index is 2.70. The lowest BCUT2D eigenvalue weighted by Crippen LogP contribution is -2.26. The van der Waals surface area contributed by atoms with Crippen LogP contribution in [0.1, 0.15) is 38.5 Å². The van der Waals surface area contributed by atoms with Crippen LogP contribution in [0.5, 0.6) is 0 Å². The highest BCUT2D eigenvalue weighted by Crippen LogP contribution is 2.28. The molecule has 0 aromatic heterocycles. The fraction of sp³-hybridized carbons (Fsp3) is 1.00. The van der Waals surface area contributed by atoms with Crippen LogP contribution in [0.15, 0.2) is 0 Å². The third-order valence-electron chi connectivity index (χ3n) is 2.70. The van der Waals surface area contributed by atoms with Gasteiger partial charge in [-0.3, -0.25) is 0 Å². The van der Waals surface area contributed by atoms with Gasteiger partial charge >= 0.3 is 0 Å². The molecular weight excluding hydrogens is 136 g/mol. The van der Waals surface area contributed by atoms with Gasteiger partial charge in [0.25, 0.3) is 0 Å². The summed E-state index contributed by atoms with van der Waals surface area (Å²) in [6.07, 6.45) is 8.83. The van der Waals surface area contributed by atoms with Crippen LogP contribution in [0.2, 0.25) is 0 Å². The Morgan fingerprint density at radius 3 is 1.82 bits per heavy atom. The molecule has 1 saturated carbocycles. The first-order valence-electron chi connectivity index (χ1n) is 4.71. The van der Waals surface area contributed by atoms with Gasteiger partial charge in [0.15, 0.2) is 0 Å². The Morgan fingerprint density at radius 2 is 1.36 bits per heavy atom. The molecular formula is C9H20N2. The first-order valence-corrected chi connectivity index (χ1v) is 4.71. The van der Waals surface area contributed by atoms with Crippen LogP contribution in [0.25, 0.3) is 0 Å². The van der Waals surface area contributed by atoms with Gasteiger partial charge < -0.3 is 11.1 Å². The number of nitrogens with zero attached hydrogens (tertiary/aromatic N) is 1. The first kappa shape index (κ1) is 9.01. The highest BCUT2D eigenvalue weighted by Gasteiger charge is 2.28. The molecule has 11 heavy (non-hydrogen) atoms. The van der Waals surface area contributed by atoms with Crippen LogP contribution in [0.4, 0.5) is 0 Å². The summed E-state index contributed by atoms with van der Waals surface area (Å²) in [5, 5.41) is 0. The molecule has 2 fully saturated rings. The van der Waals surface area contributed by atoms with E-state index in [4.69, 9.17) is 0 Å². The van der Waals surface area contributed by atoms with Crippen LogP contribution in [-0.2, 0) is 0 Å². The summed E-state index contributed by atoms with van der Waals surface area (Å²) in [4.78, 5) is 2.70. The van der Waals surface area contributed by atoms with Gasteiger partial charge in [-0.2, -0.15) is 0 Å². The minimum Gasteiger partial charge on any atom is -0.344 e. The topological polar surface area (TPSA) is 38.2 Å². The van der Waals surface area contributed by atoms with E-state index in [1.165, 1.54) is 51.6 Å². The number of hydrogen-bond donors (Lipinski definition) is 1. The van der Waals surface area contributed by atoms with Crippen molar-refractivity contribution in [1.29, 1.82) is 0 Å². The molecule has 0 bridgehead atoms. The average molecular weight is 156 g/mol. The lowest BCUT2D eigenvalue weighted by Gasteiger charge is -2.18. The van der Waals surface area contributed by atoms with Crippen molar-refractivity contribution >= 4 is 0 Å². The quantitative estimate of drug-likeness (QED) is 0.632. The molecule has 0 spiro atoms. The maximum Gasteiger partial charge on any atom is 0.00964 e. The zero-order chi connectivity index (χ0) is 6.81. The van der Waals surface area contributed by atoms with Crippen LogP contribution < -0.4 is 6.15 Å². The third-order valence-corrected chi connectivity index (χ3v) is 2.70. The Kier molecular flexibility index (Phi) is 3.34. The molecule has 66 valence electrons. The van der Waals surface area contributed by atoms with Crippen molar-refractivity contribution in [3.05, 3.63) is 0 Å². The smallest absolute Gasteiger partial charge is 0.00964 e. The monoisotopic (exact) mass is 156 g/mol. The van der Waals surface area contributed by atoms with E-state index >= 15 is 0 Å². The van der Waals surface area contributed by atoms with E-state index in [0.29, 0.717) is 0 Å². The predicted molar refractivity (Wildman–Crippen MR) is 48.1 cm³/mol. The van der Waals surface area contributed by atoms with Crippen molar-refractivity contribution in [2.75, 3.05) is 13.1 Å². The Hall–Kier alpha value is -0.0800. The largest absolute Gasteiger partial charge is 0.344 e. The standard InChI is InChI=1S/C9H17N.H3N/c1-2-4-8-10(7-3-1)9-5-6-9;/h9H,1-8H2;1H3. The van der Waals surface area contributed by atoms with Gasteiger partial charge in [-0.15, -0.1) is 0 Å². The van der Waals surface area contributed by atoms with E-state index in [2.05, 4.69) is 4.90 Å². The van der Waals surface area contributed by atoms with Gasteiger partial charge in [-0.25, -0.2) is 0 Å². The molecule has 1 aliphatic heterocycles. The molecule has 1 saturated heterocycles. The summed E-state index contributed by atoms with van der Waals surface area (Å²) in [7, 11) is 0. The summed E-state index contributed by atoms with van der Waals surface area (Å²) in [5.74, 6) is 0. The van der Waals surface area contributed by atoms with Gasteiger partial charge in [0.05, 0.1) is 0 Å². The number of rotatable bonds is 1. The summed E-state index contributed by atoms with van der Waals surface area (Å²) >= 11 is 0. The Balaban J connectivity index is 0.000000605. The summed E-state index contributed by atoms with van der Waals surface area (Å²) < 4.78 is 0. The molecule has 0 radical (unpaired) electrons. The highest BCUT2D eigenvalue weighted by atomic mass is 15.2. The van der Waals surface area contributed by atoms with Gasteiger partial charge in [0.1, 0.15) is 0 Å². The molecule has 1 heterocycles. The molecule has 0 aromatic rings. The molecule has 1 aliphatic carbocycles. The number of likely N-dealkylation sites (tertiary alicyclic amines) is 1. The summed E-state index contributed by atoms with van der Waals surface area (Å²) in [6, 6.07) is 1.01. The van der Waals surface area contributed by atoms with Crippen molar-refractivity contribution < 1.29 is 0 Å².